The molecule has 0 fully saturated rings. The Bertz CT molecular complexity index is 614. The molecule has 2 rings (SSSR count). The third-order valence-corrected chi connectivity index (χ3v) is 2.94. The highest BCUT2D eigenvalue weighted by atomic mass is 19.1. The van der Waals surface area contributed by atoms with E-state index in [-0.39, 0.29) is 5.82 Å². The van der Waals surface area contributed by atoms with Crippen LogP contribution in [0.2, 0.25) is 0 Å². The van der Waals surface area contributed by atoms with Crippen LogP contribution >= 0.6 is 0 Å². The maximum atomic E-state index is 13.2. The largest absolute Gasteiger partial charge is 0.494 e. The molecule has 4 nitrogen and oxygen atoms in total. The molecule has 5 heteroatoms. The molecule has 2 aromatic rings. The van der Waals surface area contributed by atoms with E-state index < -0.39 is 11.9 Å². The predicted molar refractivity (Wildman–Crippen MR) is 79.6 cm³/mol. The molecule has 2 aromatic carbocycles. The third-order valence-electron chi connectivity index (χ3n) is 2.94. The SMILES string of the molecule is CCOc1ccc(C(Nc2cccc(F)c2)C(N)=O)cc1. The van der Waals surface area contributed by atoms with E-state index in [0.29, 0.717) is 17.9 Å². The number of rotatable bonds is 6. The number of carbonyl (C=O) groups excluding carboxylic acids is 1. The maximum absolute atomic E-state index is 13.2. The fourth-order valence-electron chi connectivity index (χ4n) is 1.99. The van der Waals surface area contributed by atoms with Crippen molar-refractivity contribution in [2.75, 3.05) is 11.9 Å². The minimum atomic E-state index is -0.734. The minimum Gasteiger partial charge on any atom is -0.494 e. The number of carbonyl (C=O) groups is 1. The van der Waals surface area contributed by atoms with E-state index in [2.05, 4.69) is 5.32 Å². The van der Waals surface area contributed by atoms with Crippen molar-refractivity contribution in [1.82, 2.24) is 0 Å². The molecule has 3 N–H and O–H groups in total. The summed E-state index contributed by atoms with van der Waals surface area (Å²) in [6, 6.07) is 12.2. The Morgan fingerprint density at radius 1 is 1.29 bits per heavy atom. The molecule has 0 aromatic heterocycles. The van der Waals surface area contributed by atoms with E-state index in [0.717, 1.165) is 5.75 Å². The number of halogens is 1. The van der Waals surface area contributed by atoms with Crippen LogP contribution in [0.15, 0.2) is 48.5 Å². The van der Waals surface area contributed by atoms with E-state index >= 15 is 0 Å². The average molecular weight is 288 g/mol. The molecule has 0 saturated carbocycles. The summed E-state index contributed by atoms with van der Waals surface area (Å²) in [5, 5.41) is 2.93. The van der Waals surface area contributed by atoms with Crippen molar-refractivity contribution in [1.29, 1.82) is 0 Å². The van der Waals surface area contributed by atoms with Gasteiger partial charge in [0.2, 0.25) is 5.91 Å². The predicted octanol–water partition coefficient (Wildman–Crippen LogP) is 2.86. The molecule has 0 radical (unpaired) electrons. The minimum absolute atomic E-state index is 0.380. The maximum Gasteiger partial charge on any atom is 0.244 e. The van der Waals surface area contributed by atoms with Gasteiger partial charge in [-0.15, -0.1) is 0 Å². The fourth-order valence-corrected chi connectivity index (χ4v) is 1.99. The molecule has 110 valence electrons. The number of nitrogens with two attached hydrogens (primary N) is 1. The van der Waals surface area contributed by atoms with Crippen molar-refractivity contribution in [3.63, 3.8) is 0 Å². The quantitative estimate of drug-likeness (QED) is 0.859. The number of anilines is 1. The Morgan fingerprint density at radius 2 is 2.00 bits per heavy atom. The van der Waals surface area contributed by atoms with Crippen LogP contribution in [-0.4, -0.2) is 12.5 Å². The highest BCUT2D eigenvalue weighted by Gasteiger charge is 2.17. The van der Waals surface area contributed by atoms with Crippen LogP contribution in [-0.2, 0) is 4.79 Å². The second-order valence-electron chi connectivity index (χ2n) is 4.49. The van der Waals surface area contributed by atoms with Crippen LogP contribution in [0.3, 0.4) is 0 Å². The standard InChI is InChI=1S/C16H17FN2O2/c1-2-21-14-8-6-11(7-9-14)15(16(18)20)19-13-5-3-4-12(17)10-13/h3-10,15,19H,2H2,1H3,(H2,18,20). The summed E-state index contributed by atoms with van der Waals surface area (Å²) in [7, 11) is 0. The lowest BCUT2D eigenvalue weighted by molar-refractivity contribution is -0.118. The molecular weight excluding hydrogens is 271 g/mol. The van der Waals surface area contributed by atoms with Crippen molar-refractivity contribution in [2.45, 2.75) is 13.0 Å². The lowest BCUT2D eigenvalue weighted by Gasteiger charge is -2.17. The van der Waals surface area contributed by atoms with E-state index in [1.54, 1.807) is 36.4 Å². The van der Waals surface area contributed by atoms with Crippen LogP contribution in [0.5, 0.6) is 5.75 Å². The van der Waals surface area contributed by atoms with Crippen molar-refractivity contribution < 1.29 is 13.9 Å². The van der Waals surface area contributed by atoms with Crippen LogP contribution in [0, 0.1) is 5.82 Å². The molecule has 0 aliphatic heterocycles. The van der Waals surface area contributed by atoms with E-state index in [4.69, 9.17) is 10.5 Å². The number of benzene rings is 2. The number of hydrogen-bond donors (Lipinski definition) is 2. The van der Waals surface area contributed by atoms with Gasteiger partial charge in [0.05, 0.1) is 6.61 Å². The lowest BCUT2D eigenvalue weighted by Crippen LogP contribution is -2.27. The molecule has 0 spiro atoms. The summed E-state index contributed by atoms with van der Waals surface area (Å²) in [5.74, 6) is -0.200. The van der Waals surface area contributed by atoms with Gasteiger partial charge in [-0.25, -0.2) is 4.39 Å². The molecule has 1 atom stereocenters. The Morgan fingerprint density at radius 3 is 2.57 bits per heavy atom. The smallest absolute Gasteiger partial charge is 0.244 e. The first-order valence-electron chi connectivity index (χ1n) is 6.64. The summed E-state index contributed by atoms with van der Waals surface area (Å²) < 4.78 is 18.5. The van der Waals surface area contributed by atoms with E-state index in [1.165, 1.54) is 12.1 Å². The first kappa shape index (κ1) is 14.8. The van der Waals surface area contributed by atoms with E-state index in [9.17, 15) is 9.18 Å². The summed E-state index contributed by atoms with van der Waals surface area (Å²) in [4.78, 5) is 11.6. The van der Waals surface area contributed by atoms with Gasteiger partial charge in [0, 0.05) is 5.69 Å². The normalized spacial score (nSPS) is 11.7. The van der Waals surface area contributed by atoms with Gasteiger partial charge in [0.25, 0.3) is 0 Å². The highest BCUT2D eigenvalue weighted by Crippen LogP contribution is 2.22. The summed E-state index contributed by atoms with van der Waals surface area (Å²) in [6.07, 6.45) is 0. The Hall–Kier alpha value is -2.56. The molecule has 0 aliphatic carbocycles. The average Bonchev–Trinajstić information content (AvgIpc) is 2.46. The molecule has 0 heterocycles. The monoisotopic (exact) mass is 288 g/mol. The topological polar surface area (TPSA) is 64.3 Å². The van der Waals surface area contributed by atoms with Gasteiger partial charge in [0.15, 0.2) is 0 Å². The summed E-state index contributed by atoms with van der Waals surface area (Å²) in [6.45, 7) is 2.46. The number of primary amides is 1. The van der Waals surface area contributed by atoms with Gasteiger partial charge in [-0.2, -0.15) is 0 Å². The van der Waals surface area contributed by atoms with Crippen LogP contribution < -0.4 is 15.8 Å². The van der Waals surface area contributed by atoms with Gasteiger partial charge in [-0.3, -0.25) is 4.79 Å². The third kappa shape index (κ3) is 3.95. The van der Waals surface area contributed by atoms with Crippen LogP contribution in [0.4, 0.5) is 10.1 Å². The van der Waals surface area contributed by atoms with Crippen LogP contribution in [0.1, 0.15) is 18.5 Å². The zero-order valence-corrected chi connectivity index (χ0v) is 11.7. The Balaban J connectivity index is 2.20. The fraction of sp³-hybridized carbons (Fsp3) is 0.188. The first-order chi connectivity index (χ1) is 10.1. The van der Waals surface area contributed by atoms with Gasteiger partial charge >= 0.3 is 0 Å². The molecular formula is C16H17FN2O2. The molecule has 1 unspecified atom stereocenters. The zero-order valence-electron chi connectivity index (χ0n) is 11.7. The molecule has 0 saturated heterocycles. The molecule has 21 heavy (non-hydrogen) atoms. The Kier molecular flexibility index (Phi) is 4.77. The van der Waals surface area contributed by atoms with Gasteiger partial charge in [-0.05, 0) is 42.8 Å². The Labute approximate surface area is 122 Å². The molecule has 0 bridgehead atoms. The second kappa shape index (κ2) is 6.74. The van der Waals surface area contributed by atoms with Gasteiger partial charge in [0.1, 0.15) is 17.6 Å². The molecule has 1 amide bonds. The van der Waals surface area contributed by atoms with Gasteiger partial charge in [-0.1, -0.05) is 18.2 Å². The highest BCUT2D eigenvalue weighted by molar-refractivity contribution is 5.84. The van der Waals surface area contributed by atoms with Crippen molar-refractivity contribution >= 4 is 11.6 Å². The van der Waals surface area contributed by atoms with Crippen molar-refractivity contribution in [3.05, 3.63) is 59.9 Å². The van der Waals surface area contributed by atoms with Crippen LogP contribution in [0.25, 0.3) is 0 Å². The number of nitrogens with one attached hydrogen (secondary N) is 1. The number of ether oxygens (including phenoxy) is 1. The number of hydrogen-bond acceptors (Lipinski definition) is 3. The van der Waals surface area contributed by atoms with Crippen molar-refractivity contribution in [2.24, 2.45) is 5.73 Å². The number of amides is 1. The van der Waals surface area contributed by atoms with Gasteiger partial charge < -0.3 is 15.8 Å². The summed E-state index contributed by atoms with van der Waals surface area (Å²) in [5.41, 5.74) is 6.61. The first-order valence-corrected chi connectivity index (χ1v) is 6.64. The zero-order chi connectivity index (χ0) is 15.2. The van der Waals surface area contributed by atoms with Crippen molar-refractivity contribution in [3.8, 4) is 5.75 Å². The van der Waals surface area contributed by atoms with E-state index in [1.807, 2.05) is 6.92 Å². The summed E-state index contributed by atoms with van der Waals surface area (Å²) >= 11 is 0. The molecule has 0 aliphatic rings. The lowest BCUT2D eigenvalue weighted by atomic mass is 10.1. The second-order valence-corrected chi connectivity index (χ2v) is 4.49.